The summed E-state index contributed by atoms with van der Waals surface area (Å²) in [6.45, 7) is 2.92. The highest BCUT2D eigenvalue weighted by Crippen LogP contribution is 2.35. The summed E-state index contributed by atoms with van der Waals surface area (Å²) < 4.78 is 5.73. The fraction of sp³-hybridized carbons (Fsp3) is 0.533. The normalized spacial score (nSPS) is 27.1. The standard InChI is InChI=1S/C15H21N3O2/c1-17-8-4-7-15(10-17)11-18(14(19)20-15)13-6-3-2-5-12(13)9-16/h2-3,5-6H,4,7-11,16H2,1H3. The van der Waals surface area contributed by atoms with Gasteiger partial charge in [-0.15, -0.1) is 0 Å². The van der Waals surface area contributed by atoms with E-state index in [1.54, 1.807) is 4.90 Å². The number of amides is 1. The monoisotopic (exact) mass is 275 g/mol. The van der Waals surface area contributed by atoms with Gasteiger partial charge < -0.3 is 15.4 Å². The predicted octanol–water partition coefficient (Wildman–Crippen LogP) is 1.57. The van der Waals surface area contributed by atoms with Crippen LogP contribution in [0.1, 0.15) is 18.4 Å². The fourth-order valence-electron chi connectivity index (χ4n) is 3.29. The number of hydrogen-bond acceptors (Lipinski definition) is 4. The number of para-hydroxylation sites is 1. The number of likely N-dealkylation sites (tertiary alicyclic amines) is 1. The Kier molecular flexibility index (Phi) is 3.40. The van der Waals surface area contributed by atoms with Gasteiger partial charge in [-0.25, -0.2) is 4.79 Å². The number of likely N-dealkylation sites (N-methyl/N-ethyl adjacent to an activating group) is 1. The van der Waals surface area contributed by atoms with Crippen molar-refractivity contribution in [3.05, 3.63) is 29.8 Å². The molecule has 2 aliphatic heterocycles. The molecule has 1 unspecified atom stereocenters. The minimum absolute atomic E-state index is 0.249. The molecule has 20 heavy (non-hydrogen) atoms. The van der Waals surface area contributed by atoms with Crippen LogP contribution in [0, 0.1) is 0 Å². The molecule has 2 N–H and O–H groups in total. The molecule has 2 heterocycles. The number of rotatable bonds is 2. The number of anilines is 1. The predicted molar refractivity (Wildman–Crippen MR) is 77.6 cm³/mol. The minimum Gasteiger partial charge on any atom is -0.439 e. The molecule has 0 bridgehead atoms. The number of nitrogens with zero attached hydrogens (tertiary/aromatic N) is 2. The first kappa shape index (κ1) is 13.4. The first-order valence-electron chi connectivity index (χ1n) is 7.11. The number of carbonyl (C=O) groups is 1. The van der Waals surface area contributed by atoms with Gasteiger partial charge in [0.05, 0.1) is 12.2 Å². The Balaban J connectivity index is 1.87. The first-order valence-corrected chi connectivity index (χ1v) is 7.11. The SMILES string of the molecule is CN1CCCC2(C1)CN(c1ccccc1CN)C(=O)O2. The Morgan fingerprint density at radius 3 is 2.90 bits per heavy atom. The maximum atomic E-state index is 12.3. The molecule has 108 valence electrons. The van der Waals surface area contributed by atoms with Crippen molar-refractivity contribution in [3.8, 4) is 0 Å². The molecular weight excluding hydrogens is 254 g/mol. The zero-order chi connectivity index (χ0) is 14.2. The van der Waals surface area contributed by atoms with Gasteiger partial charge in [-0.2, -0.15) is 0 Å². The number of carbonyl (C=O) groups excluding carboxylic acids is 1. The summed E-state index contributed by atoms with van der Waals surface area (Å²) in [5.74, 6) is 0. The van der Waals surface area contributed by atoms with Crippen LogP contribution in [0.4, 0.5) is 10.5 Å². The summed E-state index contributed by atoms with van der Waals surface area (Å²) in [7, 11) is 2.07. The number of piperidine rings is 1. The van der Waals surface area contributed by atoms with Crippen LogP contribution >= 0.6 is 0 Å². The van der Waals surface area contributed by atoms with Crippen LogP contribution in [0.15, 0.2) is 24.3 Å². The molecule has 1 atom stereocenters. The molecule has 0 radical (unpaired) electrons. The number of benzene rings is 1. The summed E-state index contributed by atoms with van der Waals surface area (Å²) >= 11 is 0. The number of nitrogens with two attached hydrogens (primary N) is 1. The third-order valence-corrected chi connectivity index (χ3v) is 4.20. The van der Waals surface area contributed by atoms with Crippen molar-refractivity contribution in [1.82, 2.24) is 4.90 Å². The van der Waals surface area contributed by atoms with Crippen molar-refractivity contribution < 1.29 is 9.53 Å². The largest absolute Gasteiger partial charge is 0.439 e. The molecule has 0 saturated carbocycles. The molecule has 3 rings (SSSR count). The van der Waals surface area contributed by atoms with Gasteiger partial charge in [0.2, 0.25) is 0 Å². The van der Waals surface area contributed by atoms with E-state index in [-0.39, 0.29) is 11.7 Å². The zero-order valence-electron chi connectivity index (χ0n) is 11.8. The first-order chi connectivity index (χ1) is 9.63. The van der Waals surface area contributed by atoms with E-state index in [9.17, 15) is 4.79 Å². The van der Waals surface area contributed by atoms with Gasteiger partial charge in [0.15, 0.2) is 0 Å². The maximum absolute atomic E-state index is 12.3. The second-order valence-corrected chi connectivity index (χ2v) is 5.81. The number of ether oxygens (including phenoxy) is 1. The smallest absolute Gasteiger partial charge is 0.415 e. The van der Waals surface area contributed by atoms with E-state index in [0.29, 0.717) is 13.1 Å². The molecule has 0 aromatic heterocycles. The van der Waals surface area contributed by atoms with E-state index in [4.69, 9.17) is 10.5 Å². The Morgan fingerprint density at radius 2 is 2.15 bits per heavy atom. The van der Waals surface area contributed by atoms with Gasteiger partial charge >= 0.3 is 6.09 Å². The summed E-state index contributed by atoms with van der Waals surface area (Å²) in [5.41, 5.74) is 7.27. The summed E-state index contributed by atoms with van der Waals surface area (Å²) in [4.78, 5) is 16.2. The van der Waals surface area contributed by atoms with Crippen LogP contribution in [-0.2, 0) is 11.3 Å². The van der Waals surface area contributed by atoms with Crippen molar-refractivity contribution >= 4 is 11.8 Å². The lowest BCUT2D eigenvalue weighted by Gasteiger charge is -2.36. The molecule has 5 nitrogen and oxygen atoms in total. The Hall–Kier alpha value is -1.59. The lowest BCUT2D eigenvalue weighted by atomic mass is 9.93. The van der Waals surface area contributed by atoms with Crippen LogP contribution in [-0.4, -0.2) is 43.3 Å². The molecule has 0 aliphatic carbocycles. The van der Waals surface area contributed by atoms with Gasteiger partial charge in [0, 0.05) is 13.1 Å². The average molecular weight is 275 g/mol. The summed E-state index contributed by atoms with van der Waals surface area (Å²) in [5, 5.41) is 0. The van der Waals surface area contributed by atoms with Gasteiger partial charge in [0.1, 0.15) is 5.60 Å². The molecule has 2 aliphatic rings. The lowest BCUT2D eigenvalue weighted by molar-refractivity contribution is -0.000385. The van der Waals surface area contributed by atoms with Crippen molar-refractivity contribution in [2.75, 3.05) is 31.6 Å². The second kappa shape index (κ2) is 5.07. The van der Waals surface area contributed by atoms with E-state index in [0.717, 1.165) is 37.2 Å². The Morgan fingerprint density at radius 1 is 1.35 bits per heavy atom. The topological polar surface area (TPSA) is 58.8 Å². The molecule has 1 aromatic carbocycles. The molecule has 2 fully saturated rings. The quantitative estimate of drug-likeness (QED) is 0.890. The lowest BCUT2D eigenvalue weighted by Crippen LogP contribution is -2.49. The van der Waals surface area contributed by atoms with Crippen LogP contribution in [0.3, 0.4) is 0 Å². The second-order valence-electron chi connectivity index (χ2n) is 5.81. The van der Waals surface area contributed by atoms with E-state index < -0.39 is 0 Å². The minimum atomic E-state index is -0.355. The van der Waals surface area contributed by atoms with Crippen molar-refractivity contribution in [3.63, 3.8) is 0 Å². The van der Waals surface area contributed by atoms with E-state index in [2.05, 4.69) is 11.9 Å². The Bertz CT molecular complexity index is 520. The van der Waals surface area contributed by atoms with Crippen molar-refractivity contribution in [1.29, 1.82) is 0 Å². The maximum Gasteiger partial charge on any atom is 0.415 e. The molecule has 1 amide bonds. The Labute approximate surface area is 119 Å². The third kappa shape index (κ3) is 2.27. The molecule has 1 spiro atoms. The molecule has 1 aromatic rings. The summed E-state index contributed by atoms with van der Waals surface area (Å²) in [6.07, 6.45) is 1.75. The number of hydrogen-bond donors (Lipinski definition) is 1. The fourth-order valence-corrected chi connectivity index (χ4v) is 3.29. The van der Waals surface area contributed by atoms with E-state index >= 15 is 0 Å². The van der Waals surface area contributed by atoms with Crippen LogP contribution in [0.5, 0.6) is 0 Å². The van der Waals surface area contributed by atoms with E-state index in [1.165, 1.54) is 0 Å². The van der Waals surface area contributed by atoms with Crippen molar-refractivity contribution in [2.24, 2.45) is 5.73 Å². The van der Waals surface area contributed by atoms with Crippen LogP contribution in [0.25, 0.3) is 0 Å². The highest BCUT2D eigenvalue weighted by molar-refractivity contribution is 5.91. The van der Waals surface area contributed by atoms with Crippen LogP contribution < -0.4 is 10.6 Å². The van der Waals surface area contributed by atoms with Crippen LogP contribution in [0.2, 0.25) is 0 Å². The summed E-state index contributed by atoms with van der Waals surface area (Å²) in [6, 6.07) is 7.77. The zero-order valence-corrected chi connectivity index (χ0v) is 11.8. The average Bonchev–Trinajstić information content (AvgIpc) is 2.74. The third-order valence-electron chi connectivity index (χ3n) is 4.20. The molecule has 2 saturated heterocycles. The highest BCUT2D eigenvalue weighted by atomic mass is 16.6. The van der Waals surface area contributed by atoms with E-state index in [1.807, 2.05) is 24.3 Å². The molecule has 5 heteroatoms. The van der Waals surface area contributed by atoms with Gasteiger partial charge in [-0.1, -0.05) is 18.2 Å². The highest BCUT2D eigenvalue weighted by Gasteiger charge is 2.47. The van der Waals surface area contributed by atoms with Gasteiger partial charge in [-0.3, -0.25) is 4.90 Å². The van der Waals surface area contributed by atoms with Crippen molar-refractivity contribution in [2.45, 2.75) is 25.0 Å². The molecular formula is C15H21N3O2. The van der Waals surface area contributed by atoms with Gasteiger partial charge in [0.25, 0.3) is 0 Å². The van der Waals surface area contributed by atoms with Gasteiger partial charge in [-0.05, 0) is 38.1 Å².